The zero-order chi connectivity index (χ0) is 22.8. The van der Waals surface area contributed by atoms with E-state index < -0.39 is 0 Å². The summed E-state index contributed by atoms with van der Waals surface area (Å²) in [5, 5.41) is 8.88. The Morgan fingerprint density at radius 3 is 1.18 bits per heavy atom. The maximum Gasteiger partial charge on any atom is 4.00 e. The second-order valence-corrected chi connectivity index (χ2v) is 13.6. The molecule has 4 aromatic carbocycles. The van der Waals surface area contributed by atoms with Crippen LogP contribution in [-0.2, 0) is 25.8 Å². The molecule has 0 aromatic heterocycles. The van der Waals surface area contributed by atoms with Crippen molar-refractivity contribution in [1.82, 2.24) is 0 Å². The number of hydrogen-bond acceptors (Lipinski definition) is 0. The molecule has 4 aromatic rings. The van der Waals surface area contributed by atoms with Gasteiger partial charge in [-0.3, -0.25) is 0 Å². The largest absolute Gasteiger partial charge is 4.00 e. The van der Waals surface area contributed by atoms with E-state index in [1.54, 1.807) is 10.6 Å². The molecule has 0 aliphatic rings. The van der Waals surface area contributed by atoms with E-state index in [4.69, 9.17) is 0 Å². The van der Waals surface area contributed by atoms with Crippen molar-refractivity contribution in [2.24, 2.45) is 0 Å². The van der Waals surface area contributed by atoms with Crippen LogP contribution in [0.15, 0.2) is 72.8 Å². The third kappa shape index (κ3) is 8.23. The minimum Gasteiger partial charge on any atom is -0.161 e. The van der Waals surface area contributed by atoms with Gasteiger partial charge in [0, 0.05) is 0 Å². The van der Waals surface area contributed by atoms with Gasteiger partial charge in [-0.05, 0) is 24.6 Å². The van der Waals surface area contributed by atoms with Gasteiger partial charge in [-0.2, -0.15) is 12.1 Å². The van der Waals surface area contributed by atoms with Gasteiger partial charge in [0.2, 0.25) is 0 Å². The van der Waals surface area contributed by atoms with E-state index >= 15 is 0 Å². The average Bonchev–Trinajstić information content (AvgIpc) is 3.43. The topological polar surface area (TPSA) is 0 Å². The molecule has 0 atom stereocenters. The first-order valence-electron chi connectivity index (χ1n) is 12.5. The molecule has 33 heavy (non-hydrogen) atoms. The van der Waals surface area contributed by atoms with Gasteiger partial charge in [0.1, 0.15) is 0 Å². The van der Waals surface area contributed by atoms with Crippen LogP contribution in [0.3, 0.4) is 0 Å². The third-order valence-electron chi connectivity index (χ3n) is 5.91. The van der Waals surface area contributed by atoms with Crippen LogP contribution in [0.5, 0.6) is 0 Å². The van der Waals surface area contributed by atoms with Gasteiger partial charge in [-0.25, -0.2) is 0 Å². The van der Waals surface area contributed by atoms with Crippen molar-refractivity contribution in [3.63, 3.8) is 0 Å². The quantitative estimate of drug-likeness (QED) is 0.0922. The molecule has 0 aliphatic carbocycles. The van der Waals surface area contributed by atoms with Crippen molar-refractivity contribution in [1.29, 1.82) is 0 Å². The summed E-state index contributed by atoms with van der Waals surface area (Å²) < 4.78 is 0. The van der Waals surface area contributed by atoms with Gasteiger partial charge >= 0.3 is 25.8 Å². The summed E-state index contributed by atoms with van der Waals surface area (Å²) in [7, 11) is 0.194. The van der Waals surface area contributed by atoms with Crippen molar-refractivity contribution in [3.05, 3.63) is 72.8 Å². The molecule has 172 valence electrons. The summed E-state index contributed by atoms with van der Waals surface area (Å²) in [5.74, 6) is 0. The second-order valence-electron chi connectivity index (χ2n) is 8.66. The minimum atomic E-state index is 0. The fourth-order valence-electron chi connectivity index (χ4n) is 4.45. The zero-order valence-electron chi connectivity index (χ0n) is 21.0. The first-order valence-corrected chi connectivity index (χ1v) is 15.9. The van der Waals surface area contributed by atoms with Gasteiger partial charge < -0.3 is 0 Å². The van der Waals surface area contributed by atoms with Gasteiger partial charge in [0.15, 0.2) is 0 Å². The Balaban J connectivity index is 0.000000227. The van der Waals surface area contributed by atoms with Crippen LogP contribution in [0, 0.1) is 0 Å². The monoisotopic (exact) mass is 642 g/mol. The van der Waals surface area contributed by atoms with Crippen molar-refractivity contribution in [2.75, 3.05) is 24.6 Å². The van der Waals surface area contributed by atoms with Crippen LogP contribution < -0.4 is 10.6 Å². The molecule has 0 heterocycles. The Hall–Kier alpha value is -0.610. The molecule has 0 saturated carbocycles. The average molecular weight is 641 g/mol. The molecule has 0 amide bonds. The van der Waals surface area contributed by atoms with Crippen molar-refractivity contribution < 1.29 is 25.8 Å². The number of hydrogen-bond donors (Lipinski definition) is 0. The minimum absolute atomic E-state index is 0. The number of benzene rings is 2. The van der Waals surface area contributed by atoms with Gasteiger partial charge in [0.25, 0.3) is 0 Å². The maximum absolute atomic E-state index is 2.41. The molecule has 0 fully saturated rings. The molecular weight excluding hydrogens is 601 g/mol. The summed E-state index contributed by atoms with van der Waals surface area (Å²) in [6.45, 7) is 9.20. The first-order chi connectivity index (χ1) is 15.7. The van der Waals surface area contributed by atoms with Crippen LogP contribution in [0.1, 0.15) is 53.4 Å². The SMILES string of the molecule is CCCP(CCC)c1cc2ccccc2[cH-]1.CCCP(CCC)c1cc2ccccc2[cH-]1.[Hf+4]. The molecule has 3 heteroatoms. The smallest absolute Gasteiger partial charge is 0.161 e. The van der Waals surface area contributed by atoms with E-state index in [9.17, 15) is 0 Å². The van der Waals surface area contributed by atoms with E-state index in [1.165, 1.54) is 71.9 Å². The molecular formula is C30H40HfP2+2. The molecule has 0 unspecified atom stereocenters. The Kier molecular flexibility index (Phi) is 13.4. The van der Waals surface area contributed by atoms with E-state index in [-0.39, 0.29) is 41.7 Å². The second kappa shape index (κ2) is 15.4. The van der Waals surface area contributed by atoms with Crippen molar-refractivity contribution in [3.8, 4) is 0 Å². The molecule has 4 rings (SSSR count). The van der Waals surface area contributed by atoms with Crippen LogP contribution >= 0.6 is 15.8 Å². The fraction of sp³-hybridized carbons (Fsp3) is 0.400. The molecule has 0 radical (unpaired) electrons. The maximum atomic E-state index is 2.41. The van der Waals surface area contributed by atoms with Crippen LogP contribution in [0.25, 0.3) is 21.5 Å². The summed E-state index contributed by atoms with van der Waals surface area (Å²) >= 11 is 0. The Morgan fingerprint density at radius 1 is 0.545 bits per heavy atom. The zero-order valence-corrected chi connectivity index (χ0v) is 26.4. The molecule has 0 bridgehead atoms. The van der Waals surface area contributed by atoms with Crippen molar-refractivity contribution in [2.45, 2.75) is 53.4 Å². The Labute approximate surface area is 223 Å². The van der Waals surface area contributed by atoms with E-state index in [1.807, 2.05) is 0 Å². The molecule has 0 nitrogen and oxygen atoms in total. The van der Waals surface area contributed by atoms with Crippen LogP contribution in [0.2, 0.25) is 0 Å². The molecule has 0 aliphatic heterocycles. The van der Waals surface area contributed by atoms with Gasteiger partial charge in [-0.1, -0.05) is 81.4 Å². The van der Waals surface area contributed by atoms with Crippen LogP contribution in [-0.4, -0.2) is 24.6 Å². The standard InChI is InChI=1S/2C15H20P.Hf/c2*1-3-9-16(10-4-2)15-11-13-7-5-6-8-14(13)12-15;/h2*5-8,11-12H,3-4,9-10H2,1-2H3;/q2*-1;+4. The number of rotatable bonds is 10. The summed E-state index contributed by atoms with van der Waals surface area (Å²) in [6, 6.07) is 27.1. The summed E-state index contributed by atoms with van der Waals surface area (Å²) in [4.78, 5) is 0. The predicted octanol–water partition coefficient (Wildman–Crippen LogP) is 8.97. The predicted molar refractivity (Wildman–Crippen MR) is 153 cm³/mol. The normalized spacial score (nSPS) is 11.1. The summed E-state index contributed by atoms with van der Waals surface area (Å²) in [5.41, 5.74) is 0. The van der Waals surface area contributed by atoms with E-state index in [0.717, 1.165) is 0 Å². The van der Waals surface area contributed by atoms with E-state index in [0.29, 0.717) is 0 Å². The molecule has 0 N–H and O–H groups in total. The third-order valence-corrected chi connectivity index (χ3v) is 11.8. The number of fused-ring (bicyclic) bond motifs is 2. The van der Waals surface area contributed by atoms with Crippen LogP contribution in [0.4, 0.5) is 0 Å². The Morgan fingerprint density at radius 2 is 0.879 bits per heavy atom. The van der Waals surface area contributed by atoms with Gasteiger partial charge in [0.05, 0.1) is 0 Å². The molecule has 0 saturated heterocycles. The summed E-state index contributed by atoms with van der Waals surface area (Å²) in [6.07, 6.45) is 10.8. The molecule has 0 spiro atoms. The van der Waals surface area contributed by atoms with Gasteiger partial charge in [-0.15, -0.1) is 80.7 Å². The first kappa shape index (κ1) is 28.6. The van der Waals surface area contributed by atoms with Crippen molar-refractivity contribution >= 4 is 48.0 Å². The van der Waals surface area contributed by atoms with E-state index in [2.05, 4.69) is 100 Å². The fourth-order valence-corrected chi connectivity index (χ4v) is 9.38. The Bertz CT molecular complexity index is 897.